The highest BCUT2D eigenvalue weighted by atomic mass is 32.2. The highest BCUT2D eigenvalue weighted by Gasteiger charge is 2.13. The predicted octanol–water partition coefficient (Wildman–Crippen LogP) is 2.10. The second-order valence-electron chi connectivity index (χ2n) is 3.77. The van der Waals surface area contributed by atoms with Gasteiger partial charge in [-0.2, -0.15) is 0 Å². The molecule has 0 bridgehead atoms. The Labute approximate surface area is 112 Å². The third kappa shape index (κ3) is 4.68. The molecule has 5 heteroatoms. The number of nitrogens with one attached hydrogen (secondary N) is 1. The van der Waals surface area contributed by atoms with Crippen molar-refractivity contribution in [2.45, 2.75) is 24.3 Å². The molecule has 4 nitrogen and oxygen atoms in total. The number of nitrogens with two attached hydrogens (primary N) is 1. The summed E-state index contributed by atoms with van der Waals surface area (Å²) in [6.45, 7) is 2.81. The molecule has 0 aromatic heterocycles. The number of carbonyl (C=O) groups is 1. The summed E-state index contributed by atoms with van der Waals surface area (Å²) < 4.78 is 5.37. The standard InChI is InChI=1S/C13H20N2O2S/c1-3-17-10(9-14)8-13(16)15-11-6-4-5-7-12(11)18-2/h4-7,10H,3,8-9,14H2,1-2H3,(H,15,16). The molecule has 0 aliphatic heterocycles. The van der Waals surface area contributed by atoms with Gasteiger partial charge >= 0.3 is 0 Å². The summed E-state index contributed by atoms with van der Waals surface area (Å²) in [4.78, 5) is 12.9. The van der Waals surface area contributed by atoms with Crippen LogP contribution >= 0.6 is 11.8 Å². The van der Waals surface area contributed by atoms with Gasteiger partial charge in [-0.25, -0.2) is 0 Å². The van der Waals surface area contributed by atoms with E-state index in [0.29, 0.717) is 13.2 Å². The SMILES string of the molecule is CCOC(CN)CC(=O)Nc1ccccc1SC. The summed E-state index contributed by atoms with van der Waals surface area (Å²) in [5.41, 5.74) is 6.38. The number of ether oxygens (including phenoxy) is 1. The van der Waals surface area contributed by atoms with Crippen molar-refractivity contribution >= 4 is 23.4 Å². The van der Waals surface area contributed by atoms with E-state index in [1.54, 1.807) is 11.8 Å². The van der Waals surface area contributed by atoms with Crippen LogP contribution in [0.3, 0.4) is 0 Å². The topological polar surface area (TPSA) is 64.3 Å². The van der Waals surface area contributed by atoms with Crippen LogP contribution in [0.15, 0.2) is 29.2 Å². The molecule has 0 fully saturated rings. The number of thioether (sulfide) groups is 1. The quantitative estimate of drug-likeness (QED) is 0.743. The van der Waals surface area contributed by atoms with Crippen LogP contribution in [-0.2, 0) is 9.53 Å². The van der Waals surface area contributed by atoms with Crippen molar-refractivity contribution in [1.82, 2.24) is 0 Å². The smallest absolute Gasteiger partial charge is 0.227 e. The van der Waals surface area contributed by atoms with Gasteiger partial charge in [-0.05, 0) is 25.3 Å². The summed E-state index contributed by atoms with van der Waals surface area (Å²) in [7, 11) is 0. The lowest BCUT2D eigenvalue weighted by molar-refractivity contribution is -0.118. The first kappa shape index (κ1) is 15.0. The van der Waals surface area contributed by atoms with Crippen LogP contribution in [0.1, 0.15) is 13.3 Å². The van der Waals surface area contributed by atoms with Gasteiger partial charge in [-0.15, -0.1) is 11.8 Å². The number of hydrogen-bond acceptors (Lipinski definition) is 4. The highest BCUT2D eigenvalue weighted by Crippen LogP contribution is 2.24. The molecular weight excluding hydrogens is 248 g/mol. The number of amides is 1. The first-order chi connectivity index (χ1) is 8.71. The van der Waals surface area contributed by atoms with Crippen LogP contribution in [0.4, 0.5) is 5.69 Å². The van der Waals surface area contributed by atoms with Gasteiger partial charge in [0.05, 0.1) is 18.2 Å². The van der Waals surface area contributed by atoms with Crippen molar-refractivity contribution in [2.24, 2.45) is 5.73 Å². The molecule has 3 N–H and O–H groups in total. The average molecular weight is 268 g/mol. The Bertz CT molecular complexity index is 385. The van der Waals surface area contributed by atoms with E-state index in [-0.39, 0.29) is 18.4 Å². The van der Waals surface area contributed by atoms with Crippen LogP contribution in [0.25, 0.3) is 0 Å². The van der Waals surface area contributed by atoms with Crippen molar-refractivity contribution in [3.63, 3.8) is 0 Å². The molecule has 1 atom stereocenters. The van der Waals surface area contributed by atoms with E-state index in [1.807, 2.05) is 37.4 Å². The van der Waals surface area contributed by atoms with Crippen LogP contribution in [-0.4, -0.2) is 31.4 Å². The Balaban J connectivity index is 2.58. The summed E-state index contributed by atoms with van der Waals surface area (Å²) in [6, 6.07) is 7.72. The van der Waals surface area contributed by atoms with Gasteiger partial charge < -0.3 is 15.8 Å². The molecule has 0 aliphatic carbocycles. The van der Waals surface area contributed by atoms with Gasteiger partial charge in [0.1, 0.15) is 0 Å². The molecule has 0 saturated heterocycles. The summed E-state index contributed by atoms with van der Waals surface area (Å²) in [5, 5.41) is 2.89. The Morgan fingerprint density at radius 3 is 2.83 bits per heavy atom. The van der Waals surface area contributed by atoms with E-state index in [9.17, 15) is 4.79 Å². The Kier molecular flexibility index (Phi) is 6.78. The molecule has 0 spiro atoms. The van der Waals surface area contributed by atoms with Crippen LogP contribution in [0, 0.1) is 0 Å². The molecular formula is C13H20N2O2S. The number of rotatable bonds is 7. The fraction of sp³-hybridized carbons (Fsp3) is 0.462. The van der Waals surface area contributed by atoms with Gasteiger partial charge in [0.2, 0.25) is 5.91 Å². The predicted molar refractivity (Wildman–Crippen MR) is 75.9 cm³/mol. The summed E-state index contributed by atoms with van der Waals surface area (Å²) in [6.07, 6.45) is 2.05. The highest BCUT2D eigenvalue weighted by molar-refractivity contribution is 7.98. The maximum absolute atomic E-state index is 11.9. The number of para-hydroxylation sites is 1. The van der Waals surface area contributed by atoms with E-state index in [2.05, 4.69) is 5.32 Å². The monoisotopic (exact) mass is 268 g/mol. The molecule has 1 aromatic carbocycles. The van der Waals surface area contributed by atoms with E-state index < -0.39 is 0 Å². The van der Waals surface area contributed by atoms with E-state index >= 15 is 0 Å². The van der Waals surface area contributed by atoms with E-state index in [1.165, 1.54) is 0 Å². The maximum atomic E-state index is 11.9. The largest absolute Gasteiger partial charge is 0.377 e. The molecule has 1 rings (SSSR count). The first-order valence-electron chi connectivity index (χ1n) is 5.95. The van der Waals surface area contributed by atoms with E-state index in [0.717, 1.165) is 10.6 Å². The maximum Gasteiger partial charge on any atom is 0.227 e. The number of anilines is 1. The number of hydrogen-bond donors (Lipinski definition) is 2. The summed E-state index contributed by atoms with van der Waals surface area (Å²) in [5.74, 6) is -0.0691. The molecule has 0 radical (unpaired) electrons. The lowest BCUT2D eigenvalue weighted by atomic mass is 10.2. The minimum Gasteiger partial charge on any atom is -0.377 e. The van der Waals surface area contributed by atoms with Crippen molar-refractivity contribution in [1.29, 1.82) is 0 Å². The lowest BCUT2D eigenvalue weighted by Crippen LogP contribution is -2.29. The zero-order chi connectivity index (χ0) is 13.4. The third-order valence-electron chi connectivity index (χ3n) is 2.46. The molecule has 100 valence electrons. The third-order valence-corrected chi connectivity index (χ3v) is 3.26. The van der Waals surface area contributed by atoms with Gasteiger partial charge in [-0.1, -0.05) is 12.1 Å². The fourth-order valence-electron chi connectivity index (χ4n) is 1.60. The lowest BCUT2D eigenvalue weighted by Gasteiger charge is -2.15. The van der Waals surface area contributed by atoms with Gasteiger partial charge in [0.15, 0.2) is 0 Å². The van der Waals surface area contributed by atoms with Gasteiger partial charge in [0.25, 0.3) is 0 Å². The Morgan fingerprint density at radius 1 is 1.50 bits per heavy atom. The van der Waals surface area contributed by atoms with Gasteiger partial charge in [0, 0.05) is 18.0 Å². The average Bonchev–Trinajstić information content (AvgIpc) is 2.38. The molecule has 0 aliphatic rings. The van der Waals surface area contributed by atoms with Crippen molar-refractivity contribution < 1.29 is 9.53 Å². The second kappa shape index (κ2) is 8.13. The summed E-state index contributed by atoms with van der Waals surface area (Å²) >= 11 is 1.60. The van der Waals surface area contributed by atoms with Crippen LogP contribution < -0.4 is 11.1 Å². The van der Waals surface area contributed by atoms with Crippen LogP contribution in [0.5, 0.6) is 0 Å². The van der Waals surface area contributed by atoms with Crippen molar-refractivity contribution in [2.75, 3.05) is 24.7 Å². The van der Waals surface area contributed by atoms with E-state index in [4.69, 9.17) is 10.5 Å². The minimum atomic E-state index is -0.212. The number of carbonyl (C=O) groups excluding carboxylic acids is 1. The zero-order valence-corrected chi connectivity index (χ0v) is 11.6. The van der Waals surface area contributed by atoms with Crippen molar-refractivity contribution in [3.8, 4) is 0 Å². The minimum absolute atomic E-state index is 0.0691. The molecule has 1 aromatic rings. The molecule has 0 heterocycles. The zero-order valence-electron chi connectivity index (χ0n) is 10.8. The molecule has 18 heavy (non-hydrogen) atoms. The second-order valence-corrected chi connectivity index (χ2v) is 4.61. The van der Waals surface area contributed by atoms with Crippen LogP contribution in [0.2, 0.25) is 0 Å². The Hall–Kier alpha value is -1.04. The fourth-order valence-corrected chi connectivity index (χ4v) is 2.16. The Morgan fingerprint density at radius 2 is 2.22 bits per heavy atom. The molecule has 1 amide bonds. The molecule has 0 saturated carbocycles. The normalized spacial score (nSPS) is 12.2. The molecule has 1 unspecified atom stereocenters. The first-order valence-corrected chi connectivity index (χ1v) is 7.18. The number of benzene rings is 1. The van der Waals surface area contributed by atoms with Gasteiger partial charge in [-0.3, -0.25) is 4.79 Å². The van der Waals surface area contributed by atoms with Crippen molar-refractivity contribution in [3.05, 3.63) is 24.3 Å².